The number of nitrogens with zero attached hydrogens (tertiary/aromatic N) is 1. The Morgan fingerprint density at radius 1 is 1.15 bits per heavy atom. The van der Waals surface area contributed by atoms with Gasteiger partial charge in [0.2, 0.25) is 5.91 Å². The summed E-state index contributed by atoms with van der Waals surface area (Å²) in [6.07, 6.45) is 8.14. The minimum atomic E-state index is 0.0383. The van der Waals surface area contributed by atoms with Gasteiger partial charge >= 0.3 is 0 Å². The fourth-order valence-corrected chi connectivity index (χ4v) is 4.41. The maximum Gasteiger partial charge on any atom is 0.224 e. The highest BCUT2D eigenvalue weighted by molar-refractivity contribution is 5.80. The second-order valence-corrected chi connectivity index (χ2v) is 7.19. The summed E-state index contributed by atoms with van der Waals surface area (Å²) in [7, 11) is 0. The number of amides is 1. The Morgan fingerprint density at radius 3 is 2.85 bits per heavy atom. The van der Waals surface area contributed by atoms with Gasteiger partial charge < -0.3 is 11.1 Å². The predicted molar refractivity (Wildman–Crippen MR) is 80.2 cm³/mol. The average Bonchev–Trinajstić information content (AvgIpc) is 2.85. The fourth-order valence-electron chi connectivity index (χ4n) is 4.41. The van der Waals surface area contributed by atoms with Crippen LogP contribution in [0.1, 0.15) is 51.9 Å². The maximum absolute atomic E-state index is 12.6. The maximum atomic E-state index is 12.6. The molecule has 0 aromatic heterocycles. The summed E-state index contributed by atoms with van der Waals surface area (Å²) >= 11 is 0. The lowest BCUT2D eigenvalue weighted by Gasteiger charge is -2.35. The molecule has 2 aliphatic heterocycles. The first-order valence-corrected chi connectivity index (χ1v) is 8.45. The Balaban J connectivity index is 1.58. The van der Waals surface area contributed by atoms with Crippen molar-refractivity contribution in [3.05, 3.63) is 0 Å². The number of rotatable bonds is 2. The summed E-state index contributed by atoms with van der Waals surface area (Å²) in [6, 6.07) is 1.02. The smallest absolute Gasteiger partial charge is 0.224 e. The van der Waals surface area contributed by atoms with Crippen LogP contribution in [0.5, 0.6) is 0 Å². The zero-order chi connectivity index (χ0) is 14.1. The third-order valence-electron chi connectivity index (χ3n) is 5.69. The Labute approximate surface area is 122 Å². The third-order valence-corrected chi connectivity index (χ3v) is 5.69. The second kappa shape index (κ2) is 6.02. The summed E-state index contributed by atoms with van der Waals surface area (Å²) in [5, 5.41) is 3.34. The highest BCUT2D eigenvalue weighted by Gasteiger charge is 2.38. The van der Waals surface area contributed by atoms with E-state index in [1.165, 1.54) is 32.2 Å². The van der Waals surface area contributed by atoms with E-state index in [-0.39, 0.29) is 17.9 Å². The third kappa shape index (κ3) is 2.86. The van der Waals surface area contributed by atoms with Crippen molar-refractivity contribution < 1.29 is 4.79 Å². The summed E-state index contributed by atoms with van der Waals surface area (Å²) in [6.45, 7) is 4.62. The minimum Gasteiger partial charge on any atom is -0.351 e. The van der Waals surface area contributed by atoms with Crippen molar-refractivity contribution >= 4 is 5.91 Å². The Hall–Kier alpha value is -0.610. The lowest BCUT2D eigenvalue weighted by atomic mass is 9.78. The van der Waals surface area contributed by atoms with E-state index in [0.29, 0.717) is 18.0 Å². The van der Waals surface area contributed by atoms with Crippen LogP contribution in [0, 0.1) is 11.8 Å². The van der Waals surface area contributed by atoms with Crippen molar-refractivity contribution in [2.75, 3.05) is 13.1 Å². The van der Waals surface area contributed by atoms with Gasteiger partial charge in [0, 0.05) is 24.7 Å². The van der Waals surface area contributed by atoms with Crippen LogP contribution in [0.2, 0.25) is 0 Å². The van der Waals surface area contributed by atoms with Crippen molar-refractivity contribution in [2.24, 2.45) is 17.6 Å². The first-order valence-electron chi connectivity index (χ1n) is 8.45. The number of piperidine rings is 1. The number of nitrogens with one attached hydrogen (secondary N) is 1. The topological polar surface area (TPSA) is 58.4 Å². The Kier molecular flexibility index (Phi) is 4.32. The molecular formula is C16H29N3O. The van der Waals surface area contributed by atoms with Gasteiger partial charge in [-0.15, -0.1) is 0 Å². The Bertz CT molecular complexity index is 360. The van der Waals surface area contributed by atoms with Crippen LogP contribution in [0.25, 0.3) is 0 Å². The molecule has 1 aliphatic carbocycles. The average molecular weight is 279 g/mol. The minimum absolute atomic E-state index is 0.0383. The van der Waals surface area contributed by atoms with Crippen LogP contribution in [0.4, 0.5) is 0 Å². The van der Waals surface area contributed by atoms with Crippen molar-refractivity contribution in [1.82, 2.24) is 10.2 Å². The largest absolute Gasteiger partial charge is 0.351 e. The van der Waals surface area contributed by atoms with E-state index < -0.39 is 0 Å². The molecule has 2 saturated heterocycles. The van der Waals surface area contributed by atoms with E-state index in [1.54, 1.807) is 0 Å². The molecule has 3 N–H and O–H groups in total. The van der Waals surface area contributed by atoms with Gasteiger partial charge in [0.25, 0.3) is 0 Å². The van der Waals surface area contributed by atoms with Crippen molar-refractivity contribution in [3.8, 4) is 0 Å². The number of carbonyl (C=O) groups excluding carboxylic acids is 1. The molecule has 2 heterocycles. The van der Waals surface area contributed by atoms with Crippen LogP contribution >= 0.6 is 0 Å². The van der Waals surface area contributed by atoms with E-state index >= 15 is 0 Å². The van der Waals surface area contributed by atoms with Gasteiger partial charge in [0.15, 0.2) is 0 Å². The highest BCUT2D eigenvalue weighted by Crippen LogP contribution is 2.30. The lowest BCUT2D eigenvalue weighted by Crippen LogP contribution is -2.52. The van der Waals surface area contributed by atoms with E-state index in [0.717, 1.165) is 25.8 Å². The molecule has 0 spiro atoms. The molecule has 3 aliphatic rings. The van der Waals surface area contributed by atoms with Crippen molar-refractivity contribution in [2.45, 2.75) is 70.0 Å². The summed E-state index contributed by atoms with van der Waals surface area (Å²) in [5.41, 5.74) is 6.18. The summed E-state index contributed by atoms with van der Waals surface area (Å²) in [5.74, 6) is 0.901. The Morgan fingerprint density at radius 2 is 2.00 bits per heavy atom. The molecular weight excluding hydrogens is 250 g/mol. The number of carbonyl (C=O) groups is 1. The summed E-state index contributed by atoms with van der Waals surface area (Å²) < 4.78 is 0. The molecule has 1 saturated carbocycles. The molecule has 0 aromatic carbocycles. The molecule has 5 unspecified atom stereocenters. The quantitative estimate of drug-likeness (QED) is 0.805. The molecule has 20 heavy (non-hydrogen) atoms. The van der Waals surface area contributed by atoms with Gasteiger partial charge in [0.1, 0.15) is 0 Å². The molecule has 3 rings (SSSR count). The molecule has 0 radical (unpaired) electrons. The molecule has 114 valence electrons. The van der Waals surface area contributed by atoms with Gasteiger partial charge in [0.05, 0.1) is 5.92 Å². The molecule has 4 heteroatoms. The van der Waals surface area contributed by atoms with Gasteiger partial charge in [-0.1, -0.05) is 13.3 Å². The molecule has 5 atom stereocenters. The molecule has 0 aromatic rings. The number of hydrogen-bond donors (Lipinski definition) is 2. The van der Waals surface area contributed by atoms with Crippen LogP contribution in [-0.2, 0) is 4.79 Å². The van der Waals surface area contributed by atoms with Gasteiger partial charge in [-0.3, -0.25) is 9.69 Å². The first-order chi connectivity index (χ1) is 9.65. The van der Waals surface area contributed by atoms with E-state index in [9.17, 15) is 4.79 Å². The second-order valence-electron chi connectivity index (χ2n) is 7.19. The van der Waals surface area contributed by atoms with Gasteiger partial charge in [-0.25, -0.2) is 0 Å². The SMILES string of the molecule is CC1CCC(N)C(C(=O)NC2CCN3CCCCC23)C1. The van der Waals surface area contributed by atoms with Gasteiger partial charge in [-0.05, 0) is 51.0 Å². The van der Waals surface area contributed by atoms with E-state index in [4.69, 9.17) is 5.73 Å². The highest BCUT2D eigenvalue weighted by atomic mass is 16.2. The molecule has 0 bridgehead atoms. The van der Waals surface area contributed by atoms with Crippen molar-refractivity contribution in [1.29, 1.82) is 0 Å². The molecule has 3 fully saturated rings. The van der Waals surface area contributed by atoms with E-state index in [2.05, 4.69) is 17.1 Å². The number of fused-ring (bicyclic) bond motifs is 1. The van der Waals surface area contributed by atoms with Gasteiger partial charge in [-0.2, -0.15) is 0 Å². The van der Waals surface area contributed by atoms with Crippen LogP contribution in [-0.4, -0.2) is 42.0 Å². The van der Waals surface area contributed by atoms with Crippen LogP contribution in [0.3, 0.4) is 0 Å². The molecule has 4 nitrogen and oxygen atoms in total. The van der Waals surface area contributed by atoms with Crippen molar-refractivity contribution in [3.63, 3.8) is 0 Å². The zero-order valence-electron chi connectivity index (χ0n) is 12.7. The first kappa shape index (κ1) is 14.3. The standard InChI is InChI=1S/C16H29N3O/c1-11-5-6-13(17)12(10-11)16(20)18-14-7-9-19-8-3-2-4-15(14)19/h11-15H,2-10,17H2,1H3,(H,18,20). The summed E-state index contributed by atoms with van der Waals surface area (Å²) in [4.78, 5) is 15.1. The zero-order valence-corrected chi connectivity index (χ0v) is 12.7. The number of hydrogen-bond acceptors (Lipinski definition) is 3. The van der Waals surface area contributed by atoms with E-state index in [1.807, 2.05) is 0 Å². The number of nitrogens with two attached hydrogens (primary N) is 1. The van der Waals surface area contributed by atoms with Crippen LogP contribution in [0.15, 0.2) is 0 Å². The monoisotopic (exact) mass is 279 g/mol. The fraction of sp³-hybridized carbons (Fsp3) is 0.938. The predicted octanol–water partition coefficient (Wildman–Crippen LogP) is 1.49. The van der Waals surface area contributed by atoms with Crippen LogP contribution < -0.4 is 11.1 Å². The molecule has 1 amide bonds. The lowest BCUT2D eigenvalue weighted by molar-refractivity contribution is -0.127. The normalized spacial score (nSPS) is 42.2.